The number of imide groups is 1. The fraction of sp³-hybridized carbons (Fsp3) is 0.824. The predicted molar refractivity (Wildman–Crippen MR) is 92.1 cm³/mol. The highest BCUT2D eigenvalue weighted by atomic mass is 35.5. The van der Waals surface area contributed by atoms with E-state index >= 15 is 0 Å². The molecular weight excluding hydrogens is 346 g/mol. The van der Waals surface area contributed by atoms with Crippen molar-refractivity contribution in [1.82, 2.24) is 15.5 Å². The number of amides is 3. The Bertz CT molecular complexity index is 550. The molecule has 2 bridgehead atoms. The van der Waals surface area contributed by atoms with Gasteiger partial charge in [0.25, 0.3) is 0 Å². The number of likely N-dealkylation sites (tertiary alicyclic amines) is 1. The summed E-state index contributed by atoms with van der Waals surface area (Å²) in [5.41, 5.74) is 0.0867. The second kappa shape index (κ2) is 6.85. The quantitative estimate of drug-likeness (QED) is 0.683. The molecule has 4 rings (SSSR count). The number of nitrogens with one attached hydrogen (secondary N) is 2. The van der Waals surface area contributed by atoms with Gasteiger partial charge in [-0.2, -0.15) is 0 Å². The lowest BCUT2D eigenvalue weighted by Crippen LogP contribution is -2.47. The van der Waals surface area contributed by atoms with Crippen molar-refractivity contribution in [2.75, 3.05) is 26.2 Å². The Morgan fingerprint density at radius 2 is 1.76 bits per heavy atom. The minimum atomic E-state index is -0.356. The Kier molecular flexibility index (Phi) is 5.10. The number of carbonyl (C=O) groups is 3. The highest BCUT2D eigenvalue weighted by Crippen LogP contribution is 2.48. The summed E-state index contributed by atoms with van der Waals surface area (Å²) in [6.07, 6.45) is 3.46. The topological polar surface area (TPSA) is 87.7 Å². The molecule has 7 nitrogen and oxygen atoms in total. The van der Waals surface area contributed by atoms with Crippen LogP contribution >= 0.6 is 12.4 Å². The van der Waals surface area contributed by atoms with E-state index in [1.165, 1.54) is 0 Å². The molecule has 4 aliphatic heterocycles. The molecule has 25 heavy (non-hydrogen) atoms. The highest BCUT2D eigenvalue weighted by Gasteiger charge is 2.62. The van der Waals surface area contributed by atoms with Crippen LogP contribution in [0.5, 0.6) is 0 Å². The Labute approximate surface area is 153 Å². The maximum atomic E-state index is 12.5. The van der Waals surface area contributed by atoms with Gasteiger partial charge in [-0.1, -0.05) is 6.92 Å². The van der Waals surface area contributed by atoms with Crippen LogP contribution in [-0.4, -0.2) is 61.0 Å². The van der Waals surface area contributed by atoms with Crippen molar-refractivity contribution in [3.8, 4) is 0 Å². The van der Waals surface area contributed by atoms with E-state index in [0.29, 0.717) is 6.54 Å². The van der Waals surface area contributed by atoms with Gasteiger partial charge >= 0.3 is 0 Å². The molecule has 0 aromatic rings. The average Bonchev–Trinajstić information content (AvgIpc) is 3.24. The smallest absolute Gasteiger partial charge is 0.240 e. The summed E-state index contributed by atoms with van der Waals surface area (Å²) >= 11 is 0. The third kappa shape index (κ3) is 3.17. The Morgan fingerprint density at radius 3 is 2.32 bits per heavy atom. The van der Waals surface area contributed by atoms with Gasteiger partial charge in [0.1, 0.15) is 6.54 Å². The third-order valence-electron chi connectivity index (χ3n) is 6.20. The van der Waals surface area contributed by atoms with Crippen molar-refractivity contribution in [3.05, 3.63) is 0 Å². The number of nitrogens with zero attached hydrogens (tertiary/aromatic N) is 1. The molecule has 0 aromatic carbocycles. The van der Waals surface area contributed by atoms with Crippen molar-refractivity contribution >= 4 is 30.1 Å². The second-order valence-electron chi connectivity index (χ2n) is 7.94. The first-order chi connectivity index (χ1) is 11.5. The molecule has 4 aliphatic rings. The van der Waals surface area contributed by atoms with Crippen LogP contribution in [0.4, 0.5) is 0 Å². The third-order valence-corrected chi connectivity index (χ3v) is 6.20. The Hall–Kier alpha value is -1.18. The van der Waals surface area contributed by atoms with Crippen molar-refractivity contribution in [2.24, 2.45) is 17.3 Å². The Morgan fingerprint density at radius 1 is 1.20 bits per heavy atom. The van der Waals surface area contributed by atoms with Crippen molar-refractivity contribution in [3.63, 3.8) is 0 Å². The molecule has 2 N–H and O–H groups in total. The van der Waals surface area contributed by atoms with Gasteiger partial charge in [0, 0.05) is 6.54 Å². The summed E-state index contributed by atoms with van der Waals surface area (Å²) in [6.45, 7) is 4.52. The molecule has 4 fully saturated rings. The minimum Gasteiger partial charge on any atom is -0.373 e. The number of hydrogen-bond donors (Lipinski definition) is 2. The van der Waals surface area contributed by atoms with E-state index in [9.17, 15) is 14.4 Å². The molecule has 140 valence electrons. The van der Waals surface area contributed by atoms with E-state index < -0.39 is 0 Å². The van der Waals surface area contributed by atoms with Gasteiger partial charge < -0.3 is 15.4 Å². The van der Waals surface area contributed by atoms with Crippen LogP contribution in [0.3, 0.4) is 0 Å². The maximum absolute atomic E-state index is 12.5. The first kappa shape index (κ1) is 18.6. The largest absolute Gasteiger partial charge is 0.373 e. The standard InChI is InChI=1S/C17H25N3O4.ClH/c1-17(4-6-18-7-5-17)9-19-12(21)8-20-15(22)13-10-2-3-11(24-10)14(13)16(20)23;/h10-11,13-14,18H,2-9H2,1H3,(H,19,21);1H. The molecular formula is C17H26ClN3O4. The lowest BCUT2D eigenvalue weighted by molar-refractivity contribution is -0.146. The van der Waals surface area contributed by atoms with E-state index in [4.69, 9.17) is 4.74 Å². The minimum absolute atomic E-state index is 0. The number of halogens is 1. The first-order valence-corrected chi connectivity index (χ1v) is 8.97. The van der Waals surface area contributed by atoms with E-state index in [2.05, 4.69) is 17.6 Å². The summed E-state index contributed by atoms with van der Waals surface area (Å²) in [4.78, 5) is 38.5. The molecule has 0 spiro atoms. The van der Waals surface area contributed by atoms with Gasteiger partial charge in [-0.15, -0.1) is 12.4 Å². The zero-order valence-corrected chi connectivity index (χ0v) is 15.3. The molecule has 0 aromatic heterocycles. The molecule has 4 heterocycles. The van der Waals surface area contributed by atoms with Crippen LogP contribution in [0.1, 0.15) is 32.6 Å². The number of fused-ring (bicyclic) bond motifs is 5. The SMILES string of the molecule is CC1(CNC(=O)CN2C(=O)C3C4CCC(O4)C3C2=O)CCNCC1.Cl. The zero-order chi connectivity index (χ0) is 16.9. The molecule has 0 saturated carbocycles. The number of hydrogen-bond acceptors (Lipinski definition) is 5. The second-order valence-corrected chi connectivity index (χ2v) is 7.94. The number of ether oxygens (including phenoxy) is 1. The van der Waals surface area contributed by atoms with Crippen LogP contribution in [-0.2, 0) is 19.1 Å². The van der Waals surface area contributed by atoms with Crippen molar-refractivity contribution < 1.29 is 19.1 Å². The lowest BCUT2D eigenvalue weighted by atomic mass is 9.81. The molecule has 4 saturated heterocycles. The summed E-state index contributed by atoms with van der Waals surface area (Å²) in [7, 11) is 0. The fourth-order valence-corrected chi connectivity index (χ4v) is 4.65. The number of piperidine rings is 1. The molecule has 8 heteroatoms. The van der Waals surface area contributed by atoms with Crippen LogP contribution in [0.25, 0.3) is 0 Å². The van der Waals surface area contributed by atoms with Gasteiger partial charge in [0.15, 0.2) is 0 Å². The Balaban J connectivity index is 0.00000182. The summed E-state index contributed by atoms with van der Waals surface area (Å²) in [5.74, 6) is -1.40. The lowest BCUT2D eigenvalue weighted by Gasteiger charge is -2.34. The summed E-state index contributed by atoms with van der Waals surface area (Å²) < 4.78 is 5.70. The average molecular weight is 372 g/mol. The van der Waals surface area contributed by atoms with Gasteiger partial charge in [0.05, 0.1) is 24.0 Å². The molecule has 4 atom stereocenters. The van der Waals surface area contributed by atoms with E-state index in [-0.39, 0.29) is 66.1 Å². The molecule has 4 unspecified atom stereocenters. The number of rotatable bonds is 4. The van der Waals surface area contributed by atoms with E-state index in [0.717, 1.165) is 43.7 Å². The van der Waals surface area contributed by atoms with Gasteiger partial charge in [-0.25, -0.2) is 0 Å². The monoisotopic (exact) mass is 371 g/mol. The zero-order valence-electron chi connectivity index (χ0n) is 14.5. The van der Waals surface area contributed by atoms with E-state index in [1.54, 1.807) is 0 Å². The molecule has 0 radical (unpaired) electrons. The van der Waals surface area contributed by atoms with Gasteiger partial charge in [-0.05, 0) is 44.2 Å². The van der Waals surface area contributed by atoms with Crippen LogP contribution < -0.4 is 10.6 Å². The summed E-state index contributed by atoms with van der Waals surface area (Å²) in [5, 5.41) is 6.23. The van der Waals surface area contributed by atoms with Crippen molar-refractivity contribution in [2.45, 2.75) is 44.8 Å². The van der Waals surface area contributed by atoms with Gasteiger partial charge in [-0.3, -0.25) is 19.3 Å². The molecule has 0 aliphatic carbocycles. The fourth-order valence-electron chi connectivity index (χ4n) is 4.65. The predicted octanol–water partition coefficient (Wildman–Crippen LogP) is 0.0765. The normalized spacial score (nSPS) is 35.5. The maximum Gasteiger partial charge on any atom is 0.240 e. The number of carbonyl (C=O) groups excluding carboxylic acids is 3. The van der Waals surface area contributed by atoms with E-state index in [1.807, 2.05) is 0 Å². The highest BCUT2D eigenvalue weighted by molar-refractivity contribution is 6.08. The summed E-state index contributed by atoms with van der Waals surface area (Å²) in [6, 6.07) is 0. The van der Waals surface area contributed by atoms with Crippen LogP contribution in [0, 0.1) is 17.3 Å². The van der Waals surface area contributed by atoms with Crippen LogP contribution in [0.2, 0.25) is 0 Å². The van der Waals surface area contributed by atoms with Gasteiger partial charge in [0.2, 0.25) is 17.7 Å². The molecule has 3 amide bonds. The van der Waals surface area contributed by atoms with Crippen LogP contribution in [0.15, 0.2) is 0 Å². The van der Waals surface area contributed by atoms with Crippen molar-refractivity contribution in [1.29, 1.82) is 0 Å². The first-order valence-electron chi connectivity index (χ1n) is 8.97.